The third-order valence-corrected chi connectivity index (χ3v) is 3.30. The van der Waals surface area contributed by atoms with Crippen molar-refractivity contribution in [2.75, 3.05) is 5.73 Å². The van der Waals surface area contributed by atoms with Crippen LogP contribution in [-0.2, 0) is 0 Å². The molecule has 2 aromatic carbocycles. The van der Waals surface area contributed by atoms with Crippen molar-refractivity contribution in [1.29, 1.82) is 0 Å². The summed E-state index contributed by atoms with van der Waals surface area (Å²) in [5, 5.41) is 0.311. The fourth-order valence-corrected chi connectivity index (χ4v) is 2.28. The molecule has 0 unspecified atom stereocenters. The summed E-state index contributed by atoms with van der Waals surface area (Å²) in [5.41, 5.74) is 6.38. The Morgan fingerprint density at radius 1 is 1.17 bits per heavy atom. The monoisotopic (exact) mass is 327 g/mol. The summed E-state index contributed by atoms with van der Waals surface area (Å²) in [5.74, 6) is -1.05. The number of carbonyl (C=O) groups is 1. The maximum Gasteiger partial charge on any atom is 0.197 e. The summed E-state index contributed by atoms with van der Waals surface area (Å²) in [6.07, 6.45) is 0. The second-order valence-corrected chi connectivity index (χ2v) is 4.98. The Morgan fingerprint density at radius 2 is 1.89 bits per heavy atom. The molecular formula is C13H8BrClFNO. The van der Waals surface area contributed by atoms with Gasteiger partial charge in [0.1, 0.15) is 5.82 Å². The number of hydrogen-bond donors (Lipinski definition) is 1. The summed E-state index contributed by atoms with van der Waals surface area (Å²) < 4.78 is 14.1. The molecule has 2 aromatic rings. The van der Waals surface area contributed by atoms with Gasteiger partial charge in [-0.1, -0.05) is 11.6 Å². The van der Waals surface area contributed by atoms with Crippen LogP contribution in [0.4, 0.5) is 10.1 Å². The third kappa shape index (κ3) is 2.54. The van der Waals surface area contributed by atoms with E-state index in [2.05, 4.69) is 15.9 Å². The minimum Gasteiger partial charge on any atom is -0.399 e. The number of anilines is 1. The summed E-state index contributed by atoms with van der Waals surface area (Å²) in [4.78, 5) is 12.2. The summed E-state index contributed by atoms with van der Waals surface area (Å²) in [6.45, 7) is 0. The van der Waals surface area contributed by atoms with E-state index >= 15 is 0 Å². The smallest absolute Gasteiger partial charge is 0.197 e. The molecule has 18 heavy (non-hydrogen) atoms. The topological polar surface area (TPSA) is 43.1 Å². The van der Waals surface area contributed by atoms with E-state index in [-0.39, 0.29) is 5.56 Å². The number of nitrogen functional groups attached to an aromatic ring is 1. The second kappa shape index (κ2) is 5.08. The van der Waals surface area contributed by atoms with Crippen LogP contribution in [0.2, 0.25) is 5.02 Å². The van der Waals surface area contributed by atoms with Gasteiger partial charge in [0.2, 0.25) is 0 Å². The van der Waals surface area contributed by atoms with E-state index in [1.165, 1.54) is 18.2 Å². The number of hydrogen-bond acceptors (Lipinski definition) is 2. The van der Waals surface area contributed by atoms with E-state index < -0.39 is 11.6 Å². The first kappa shape index (κ1) is 13.1. The van der Waals surface area contributed by atoms with E-state index in [4.69, 9.17) is 17.3 Å². The van der Waals surface area contributed by atoms with Crippen molar-refractivity contribution in [2.45, 2.75) is 0 Å². The highest BCUT2D eigenvalue weighted by atomic mass is 79.9. The van der Waals surface area contributed by atoms with Gasteiger partial charge in [-0.05, 0) is 52.3 Å². The fourth-order valence-electron chi connectivity index (χ4n) is 1.53. The molecule has 5 heteroatoms. The Morgan fingerprint density at radius 3 is 2.56 bits per heavy atom. The maximum absolute atomic E-state index is 13.6. The maximum atomic E-state index is 13.6. The molecule has 0 fully saturated rings. The van der Waals surface area contributed by atoms with Crippen molar-refractivity contribution >= 4 is 39.0 Å². The molecular weight excluding hydrogens is 321 g/mol. The lowest BCUT2D eigenvalue weighted by atomic mass is 10.0. The average molecular weight is 329 g/mol. The lowest BCUT2D eigenvalue weighted by molar-refractivity contribution is 0.103. The first-order valence-electron chi connectivity index (χ1n) is 5.04. The first-order valence-corrected chi connectivity index (χ1v) is 6.21. The van der Waals surface area contributed by atoms with E-state index in [0.29, 0.717) is 20.7 Å². The highest BCUT2D eigenvalue weighted by Gasteiger charge is 2.17. The van der Waals surface area contributed by atoms with Gasteiger partial charge in [0.15, 0.2) is 5.78 Å². The average Bonchev–Trinajstić information content (AvgIpc) is 2.31. The van der Waals surface area contributed by atoms with Crippen LogP contribution in [0.3, 0.4) is 0 Å². The van der Waals surface area contributed by atoms with Gasteiger partial charge < -0.3 is 5.73 Å². The SMILES string of the molecule is Nc1ccc(C(=O)c2cc(Cl)ccc2F)c(Br)c1. The molecule has 0 bridgehead atoms. The predicted octanol–water partition coefficient (Wildman–Crippen LogP) is 4.05. The molecule has 0 heterocycles. The molecule has 92 valence electrons. The molecule has 0 aliphatic heterocycles. The number of carbonyl (C=O) groups excluding carboxylic acids is 1. The Hall–Kier alpha value is -1.39. The molecule has 0 saturated carbocycles. The van der Waals surface area contributed by atoms with Crippen molar-refractivity contribution < 1.29 is 9.18 Å². The van der Waals surface area contributed by atoms with Crippen LogP contribution in [0.25, 0.3) is 0 Å². The number of halogens is 3. The van der Waals surface area contributed by atoms with Gasteiger partial charge in [0.05, 0.1) is 5.56 Å². The zero-order valence-electron chi connectivity index (χ0n) is 9.08. The summed E-state index contributed by atoms with van der Waals surface area (Å²) in [6, 6.07) is 8.59. The molecule has 0 aliphatic carbocycles. The number of ketones is 1. The molecule has 2 nitrogen and oxygen atoms in total. The van der Waals surface area contributed by atoms with Gasteiger partial charge >= 0.3 is 0 Å². The molecule has 2 N–H and O–H groups in total. The van der Waals surface area contributed by atoms with Crippen molar-refractivity contribution in [1.82, 2.24) is 0 Å². The molecule has 0 radical (unpaired) electrons. The largest absolute Gasteiger partial charge is 0.399 e. The number of rotatable bonds is 2. The Kier molecular flexibility index (Phi) is 3.68. The van der Waals surface area contributed by atoms with Crippen molar-refractivity contribution in [3.8, 4) is 0 Å². The summed E-state index contributed by atoms with van der Waals surface area (Å²) in [7, 11) is 0. The minimum atomic E-state index is -0.604. The fraction of sp³-hybridized carbons (Fsp3) is 0. The van der Waals surface area contributed by atoms with Crippen LogP contribution >= 0.6 is 27.5 Å². The number of benzene rings is 2. The van der Waals surface area contributed by atoms with Gasteiger partial charge in [-0.15, -0.1) is 0 Å². The molecule has 0 aromatic heterocycles. The molecule has 0 amide bonds. The first-order chi connectivity index (χ1) is 8.49. The normalized spacial score (nSPS) is 10.4. The van der Waals surface area contributed by atoms with Gasteiger partial charge in [0, 0.05) is 20.7 Å². The lowest BCUT2D eigenvalue weighted by Gasteiger charge is -2.06. The highest BCUT2D eigenvalue weighted by Crippen LogP contribution is 2.25. The number of nitrogens with two attached hydrogens (primary N) is 1. The zero-order valence-corrected chi connectivity index (χ0v) is 11.4. The minimum absolute atomic E-state index is 0.0621. The van der Waals surface area contributed by atoms with Crippen molar-refractivity contribution in [2.24, 2.45) is 0 Å². The quantitative estimate of drug-likeness (QED) is 0.667. The second-order valence-electron chi connectivity index (χ2n) is 3.69. The van der Waals surface area contributed by atoms with Crippen LogP contribution in [0.5, 0.6) is 0 Å². The van der Waals surface area contributed by atoms with Gasteiger partial charge in [-0.3, -0.25) is 4.79 Å². The molecule has 2 rings (SSSR count). The van der Waals surface area contributed by atoms with Gasteiger partial charge in [-0.2, -0.15) is 0 Å². The van der Waals surface area contributed by atoms with Crippen LogP contribution in [0, 0.1) is 5.82 Å². The zero-order chi connectivity index (χ0) is 13.3. The van der Waals surface area contributed by atoms with Crippen LogP contribution in [-0.4, -0.2) is 5.78 Å². The Bertz CT molecular complexity index is 630. The van der Waals surface area contributed by atoms with E-state index in [1.54, 1.807) is 18.2 Å². The molecule has 0 saturated heterocycles. The van der Waals surface area contributed by atoms with Crippen LogP contribution in [0.15, 0.2) is 40.9 Å². The van der Waals surface area contributed by atoms with Gasteiger partial charge in [-0.25, -0.2) is 4.39 Å². The summed E-state index contributed by atoms with van der Waals surface area (Å²) >= 11 is 8.99. The molecule has 0 spiro atoms. The van der Waals surface area contributed by atoms with Crippen molar-refractivity contribution in [3.05, 3.63) is 62.8 Å². The molecule has 0 aliphatic rings. The lowest BCUT2D eigenvalue weighted by Crippen LogP contribution is -2.05. The third-order valence-electron chi connectivity index (χ3n) is 2.41. The molecule has 0 atom stereocenters. The van der Waals surface area contributed by atoms with E-state index in [0.717, 1.165) is 0 Å². The highest BCUT2D eigenvalue weighted by molar-refractivity contribution is 9.10. The van der Waals surface area contributed by atoms with Crippen LogP contribution in [0.1, 0.15) is 15.9 Å². The van der Waals surface area contributed by atoms with E-state index in [9.17, 15) is 9.18 Å². The van der Waals surface area contributed by atoms with Crippen LogP contribution < -0.4 is 5.73 Å². The van der Waals surface area contributed by atoms with Crippen molar-refractivity contribution in [3.63, 3.8) is 0 Å². The Balaban J connectivity index is 2.51. The standard InChI is InChI=1S/C13H8BrClFNO/c14-11-6-8(17)2-3-9(11)13(18)10-5-7(15)1-4-12(10)16/h1-6H,17H2. The Labute approximate surface area is 117 Å². The van der Waals surface area contributed by atoms with Gasteiger partial charge in [0.25, 0.3) is 0 Å². The van der Waals surface area contributed by atoms with E-state index in [1.807, 2.05) is 0 Å². The predicted molar refractivity (Wildman–Crippen MR) is 73.4 cm³/mol.